The van der Waals surface area contributed by atoms with Crippen molar-refractivity contribution in [1.82, 2.24) is 5.06 Å². The van der Waals surface area contributed by atoms with Crippen LogP contribution in [0, 0.1) is 11.7 Å². The van der Waals surface area contributed by atoms with Crippen LogP contribution in [0.1, 0.15) is 27.2 Å². The molecule has 0 heterocycles. The second-order valence-corrected chi connectivity index (χ2v) is 5.67. The van der Waals surface area contributed by atoms with Gasteiger partial charge in [-0.3, -0.25) is 0 Å². The van der Waals surface area contributed by atoms with Crippen LogP contribution in [-0.4, -0.2) is 22.3 Å². The van der Waals surface area contributed by atoms with Crippen LogP contribution in [-0.2, 0) is 0 Å². The van der Waals surface area contributed by atoms with Crippen molar-refractivity contribution in [2.24, 2.45) is 5.92 Å². The fourth-order valence-electron chi connectivity index (χ4n) is 1.75. The molecule has 1 atom stereocenters. The van der Waals surface area contributed by atoms with E-state index in [4.69, 9.17) is 9.94 Å². The molecule has 1 aromatic rings. The number of halogens is 2. The van der Waals surface area contributed by atoms with Crippen molar-refractivity contribution >= 4 is 22.0 Å². The molecule has 0 spiro atoms. The minimum absolute atomic E-state index is 0.110. The topological polar surface area (TPSA) is 49.8 Å². The molecule has 1 unspecified atom stereocenters. The second kappa shape index (κ2) is 6.75. The van der Waals surface area contributed by atoms with Gasteiger partial charge in [0.05, 0.1) is 6.04 Å². The van der Waals surface area contributed by atoms with Crippen molar-refractivity contribution in [3.63, 3.8) is 0 Å². The van der Waals surface area contributed by atoms with Crippen molar-refractivity contribution in [2.45, 2.75) is 33.2 Å². The summed E-state index contributed by atoms with van der Waals surface area (Å²) in [6, 6.07) is 3.84. The van der Waals surface area contributed by atoms with Crippen LogP contribution in [0.15, 0.2) is 22.7 Å². The molecule has 19 heavy (non-hydrogen) atoms. The van der Waals surface area contributed by atoms with Crippen molar-refractivity contribution < 1.29 is 19.1 Å². The van der Waals surface area contributed by atoms with Crippen LogP contribution in [0.5, 0.6) is 5.75 Å². The Balaban J connectivity index is 2.86. The van der Waals surface area contributed by atoms with Crippen LogP contribution in [0.3, 0.4) is 0 Å². The molecule has 0 aliphatic heterocycles. The number of carbonyl (C=O) groups is 1. The molecule has 1 rings (SSSR count). The molecule has 0 aromatic heterocycles. The SMILES string of the molecule is CC(C)CC(C)N(Oc1ccc(Br)cc1F)C(=O)O. The average Bonchev–Trinajstić information content (AvgIpc) is 2.26. The van der Waals surface area contributed by atoms with E-state index in [1.54, 1.807) is 13.0 Å². The standard InChI is InChI=1S/C13H17BrFNO3/c1-8(2)6-9(3)16(13(17)18)19-12-5-4-10(14)7-11(12)15/h4-5,7-9H,6H2,1-3H3,(H,17,18). The quantitative estimate of drug-likeness (QED) is 0.817. The first-order valence-electron chi connectivity index (χ1n) is 5.96. The maximum Gasteiger partial charge on any atom is 0.441 e. The third-order valence-electron chi connectivity index (χ3n) is 2.49. The van der Waals surface area contributed by atoms with Gasteiger partial charge in [-0.25, -0.2) is 9.18 Å². The van der Waals surface area contributed by atoms with Crippen LogP contribution in [0.4, 0.5) is 9.18 Å². The molecule has 106 valence electrons. The van der Waals surface area contributed by atoms with Crippen LogP contribution in [0.25, 0.3) is 0 Å². The minimum Gasteiger partial charge on any atom is -0.463 e. The first-order valence-corrected chi connectivity index (χ1v) is 6.75. The van der Waals surface area contributed by atoms with Gasteiger partial charge in [-0.15, -0.1) is 5.06 Å². The molecular weight excluding hydrogens is 317 g/mol. The van der Waals surface area contributed by atoms with Crippen molar-refractivity contribution in [3.8, 4) is 5.75 Å². The molecule has 4 nitrogen and oxygen atoms in total. The maximum absolute atomic E-state index is 13.6. The van der Waals surface area contributed by atoms with Gasteiger partial charge in [0.25, 0.3) is 0 Å². The Kier molecular flexibility index (Phi) is 5.60. The summed E-state index contributed by atoms with van der Waals surface area (Å²) in [5.74, 6) is -0.409. The number of benzene rings is 1. The minimum atomic E-state index is -1.24. The number of nitrogens with zero attached hydrogens (tertiary/aromatic N) is 1. The fourth-order valence-corrected chi connectivity index (χ4v) is 2.08. The zero-order chi connectivity index (χ0) is 14.6. The molecule has 1 aromatic carbocycles. The number of carboxylic acid groups (broad SMARTS) is 1. The van der Waals surface area contributed by atoms with E-state index >= 15 is 0 Å². The van der Waals surface area contributed by atoms with Gasteiger partial charge >= 0.3 is 6.09 Å². The smallest absolute Gasteiger partial charge is 0.441 e. The third-order valence-corrected chi connectivity index (χ3v) is 2.99. The normalized spacial score (nSPS) is 12.3. The van der Waals surface area contributed by atoms with E-state index in [0.29, 0.717) is 16.8 Å². The zero-order valence-corrected chi connectivity index (χ0v) is 12.6. The molecule has 0 bridgehead atoms. The number of rotatable bonds is 5. The summed E-state index contributed by atoms with van der Waals surface area (Å²) >= 11 is 3.13. The Morgan fingerprint density at radius 3 is 2.58 bits per heavy atom. The van der Waals surface area contributed by atoms with E-state index in [9.17, 15) is 9.18 Å². The molecule has 1 N–H and O–H groups in total. The highest BCUT2D eigenvalue weighted by Gasteiger charge is 2.23. The molecule has 0 radical (unpaired) electrons. The number of hydroxylamine groups is 2. The Bertz CT molecular complexity index is 454. The summed E-state index contributed by atoms with van der Waals surface area (Å²) in [5.41, 5.74) is 0. The lowest BCUT2D eigenvalue weighted by molar-refractivity contribution is -0.0706. The third kappa shape index (κ3) is 4.70. The molecule has 0 aliphatic rings. The molecule has 0 fully saturated rings. The van der Waals surface area contributed by atoms with Gasteiger partial charge in [-0.2, -0.15) is 0 Å². The summed E-state index contributed by atoms with van der Waals surface area (Å²) in [6.07, 6.45) is -0.611. The lowest BCUT2D eigenvalue weighted by Gasteiger charge is -2.26. The van der Waals surface area contributed by atoms with Gasteiger partial charge in [0, 0.05) is 4.47 Å². The lowest BCUT2D eigenvalue weighted by atomic mass is 10.1. The van der Waals surface area contributed by atoms with E-state index < -0.39 is 11.9 Å². The molecule has 0 saturated heterocycles. The van der Waals surface area contributed by atoms with E-state index in [0.717, 1.165) is 5.06 Å². The largest absolute Gasteiger partial charge is 0.463 e. The first kappa shape index (κ1) is 15.8. The van der Waals surface area contributed by atoms with Gasteiger partial charge < -0.3 is 9.94 Å². The summed E-state index contributed by atoms with van der Waals surface area (Å²) < 4.78 is 14.2. The van der Waals surface area contributed by atoms with E-state index in [-0.39, 0.29) is 11.8 Å². The summed E-state index contributed by atoms with van der Waals surface area (Å²) in [4.78, 5) is 16.3. The fraction of sp³-hybridized carbons (Fsp3) is 0.462. The van der Waals surface area contributed by atoms with Gasteiger partial charge in [0.15, 0.2) is 11.6 Å². The van der Waals surface area contributed by atoms with Gasteiger partial charge in [-0.05, 0) is 37.5 Å². The lowest BCUT2D eigenvalue weighted by Crippen LogP contribution is -2.41. The maximum atomic E-state index is 13.6. The van der Waals surface area contributed by atoms with Gasteiger partial charge in [-0.1, -0.05) is 29.8 Å². The van der Waals surface area contributed by atoms with Crippen LogP contribution >= 0.6 is 15.9 Å². The van der Waals surface area contributed by atoms with Gasteiger partial charge in [0.1, 0.15) is 0 Å². The van der Waals surface area contributed by atoms with E-state index in [2.05, 4.69) is 15.9 Å². The highest BCUT2D eigenvalue weighted by Crippen LogP contribution is 2.23. The van der Waals surface area contributed by atoms with Gasteiger partial charge in [0.2, 0.25) is 0 Å². The number of amides is 1. The highest BCUT2D eigenvalue weighted by atomic mass is 79.9. The molecular formula is C13H17BrFNO3. The molecule has 1 amide bonds. The van der Waals surface area contributed by atoms with Crippen molar-refractivity contribution in [2.75, 3.05) is 0 Å². The zero-order valence-electron chi connectivity index (χ0n) is 11.1. The van der Waals surface area contributed by atoms with Crippen LogP contribution < -0.4 is 4.84 Å². The molecule has 0 saturated carbocycles. The highest BCUT2D eigenvalue weighted by molar-refractivity contribution is 9.10. The Morgan fingerprint density at radius 1 is 1.47 bits per heavy atom. The number of hydrogen-bond acceptors (Lipinski definition) is 2. The second-order valence-electron chi connectivity index (χ2n) is 4.75. The average molecular weight is 334 g/mol. The Hall–Kier alpha value is -1.30. The molecule has 6 heteroatoms. The number of hydrogen-bond donors (Lipinski definition) is 1. The predicted octanol–water partition coefficient (Wildman–Crippen LogP) is 4.30. The van der Waals surface area contributed by atoms with Crippen molar-refractivity contribution in [1.29, 1.82) is 0 Å². The van der Waals surface area contributed by atoms with E-state index in [1.165, 1.54) is 12.1 Å². The van der Waals surface area contributed by atoms with E-state index in [1.807, 2.05) is 13.8 Å². The summed E-state index contributed by atoms with van der Waals surface area (Å²) in [5, 5.41) is 9.92. The Morgan fingerprint density at radius 2 is 2.11 bits per heavy atom. The summed E-state index contributed by atoms with van der Waals surface area (Å²) in [6.45, 7) is 5.69. The molecule has 0 aliphatic carbocycles. The van der Waals surface area contributed by atoms with Crippen LogP contribution in [0.2, 0.25) is 0 Å². The Labute approximate surface area is 120 Å². The monoisotopic (exact) mass is 333 g/mol. The predicted molar refractivity (Wildman–Crippen MR) is 73.5 cm³/mol. The summed E-state index contributed by atoms with van der Waals surface area (Å²) in [7, 11) is 0. The van der Waals surface area contributed by atoms with Crippen molar-refractivity contribution in [3.05, 3.63) is 28.5 Å². The first-order chi connectivity index (χ1) is 8.81.